The normalized spacial score (nSPS) is 16.1. The molecule has 2 aliphatic carbocycles. The van der Waals surface area contributed by atoms with Crippen LogP contribution in [0.2, 0.25) is 0 Å². The molecule has 2 fully saturated rings. The van der Waals surface area contributed by atoms with Crippen molar-refractivity contribution >= 4 is 27.7 Å². The smallest absolute Gasteiger partial charge is 0.255 e. The molecule has 6 heteroatoms. The summed E-state index contributed by atoms with van der Waals surface area (Å²) in [6.45, 7) is 0. The number of pyridine rings is 2. The maximum absolute atomic E-state index is 13.2. The Morgan fingerprint density at radius 3 is 2.35 bits per heavy atom. The number of nitrogens with one attached hydrogen (secondary N) is 1. The average molecular weight is 487 g/mol. The average Bonchev–Trinajstić information content (AvgIpc) is 3.87. The van der Waals surface area contributed by atoms with E-state index in [4.69, 9.17) is 5.73 Å². The van der Waals surface area contributed by atoms with Crippen LogP contribution in [0.5, 0.6) is 0 Å². The van der Waals surface area contributed by atoms with Crippen LogP contribution in [-0.2, 0) is 5.54 Å². The van der Waals surface area contributed by atoms with Crippen molar-refractivity contribution in [2.45, 2.75) is 37.3 Å². The van der Waals surface area contributed by atoms with Crippen molar-refractivity contribution in [1.29, 1.82) is 0 Å². The van der Waals surface area contributed by atoms with Gasteiger partial charge in [-0.1, -0.05) is 30.3 Å². The summed E-state index contributed by atoms with van der Waals surface area (Å²) in [5.74, 6) is -0.0770. The van der Waals surface area contributed by atoms with Crippen LogP contribution in [0.25, 0.3) is 38.6 Å². The minimum absolute atomic E-state index is 0.0770. The predicted octanol–water partition coefficient (Wildman–Crippen LogP) is 5.05. The third-order valence-electron chi connectivity index (χ3n) is 7.60. The van der Waals surface area contributed by atoms with E-state index in [-0.39, 0.29) is 17.0 Å². The first-order valence-electron chi connectivity index (χ1n) is 12.7. The number of nitrogens with two attached hydrogens (primary N) is 1. The molecular weight excluding hydrogens is 460 g/mol. The van der Waals surface area contributed by atoms with Gasteiger partial charge < -0.3 is 11.1 Å². The molecule has 5 aromatic rings. The van der Waals surface area contributed by atoms with E-state index in [0.717, 1.165) is 58.6 Å². The van der Waals surface area contributed by atoms with Crippen molar-refractivity contribution in [1.82, 2.24) is 14.9 Å². The highest BCUT2D eigenvalue weighted by Gasteiger charge is 2.39. The highest BCUT2D eigenvalue weighted by atomic mass is 16.1. The lowest BCUT2D eigenvalue weighted by molar-refractivity contribution is 0.0951. The molecule has 1 amide bonds. The molecule has 3 aromatic carbocycles. The van der Waals surface area contributed by atoms with Crippen molar-refractivity contribution in [3.63, 3.8) is 0 Å². The van der Waals surface area contributed by atoms with Crippen LogP contribution in [0.3, 0.4) is 0 Å². The van der Waals surface area contributed by atoms with Gasteiger partial charge in [-0.25, -0.2) is 0 Å². The second-order valence-corrected chi connectivity index (χ2v) is 10.3. The van der Waals surface area contributed by atoms with Crippen LogP contribution in [0.15, 0.2) is 89.9 Å². The van der Waals surface area contributed by atoms with Crippen LogP contribution < -0.4 is 16.6 Å². The summed E-state index contributed by atoms with van der Waals surface area (Å²) < 4.78 is 1.71. The summed E-state index contributed by atoms with van der Waals surface area (Å²) >= 11 is 0. The van der Waals surface area contributed by atoms with E-state index in [0.29, 0.717) is 17.3 Å². The van der Waals surface area contributed by atoms with Gasteiger partial charge >= 0.3 is 0 Å². The van der Waals surface area contributed by atoms with Crippen molar-refractivity contribution in [3.8, 4) is 16.8 Å². The molecule has 37 heavy (non-hydrogen) atoms. The number of aromatic nitrogens is 2. The third-order valence-corrected chi connectivity index (χ3v) is 7.60. The molecule has 182 valence electrons. The van der Waals surface area contributed by atoms with E-state index < -0.39 is 0 Å². The standard InChI is InChI=1S/C31H26N4O2/c32-31(15-16-31)23-7-1-19(2-8-23)21-5-13-27-26(17-21)29-22(18-33-27)6-14-28(36)35(29)25-11-3-20(4-12-25)30(37)34-24-9-10-24/h1-8,11-14,17-18,24H,9-10,15-16,32H2,(H,34,37). The Balaban J connectivity index is 1.35. The summed E-state index contributed by atoms with van der Waals surface area (Å²) in [6.07, 6.45) is 5.94. The van der Waals surface area contributed by atoms with Crippen LogP contribution in [0.4, 0.5) is 0 Å². The number of amides is 1. The topological polar surface area (TPSA) is 90.0 Å². The fourth-order valence-electron chi connectivity index (χ4n) is 5.02. The predicted molar refractivity (Wildman–Crippen MR) is 146 cm³/mol. The molecule has 2 saturated carbocycles. The minimum atomic E-state index is -0.160. The molecule has 0 aliphatic heterocycles. The number of benzene rings is 3. The first-order valence-corrected chi connectivity index (χ1v) is 12.7. The first kappa shape index (κ1) is 21.9. The SMILES string of the molecule is NC1(c2ccc(-c3ccc4ncc5ccc(=O)n(-c6ccc(C(=O)NC7CC7)cc6)c5c4c3)cc2)CC1. The maximum atomic E-state index is 13.2. The van der Waals surface area contributed by atoms with Gasteiger partial charge in [0, 0.05) is 45.9 Å². The van der Waals surface area contributed by atoms with E-state index in [1.165, 1.54) is 5.56 Å². The molecule has 6 nitrogen and oxygen atoms in total. The second-order valence-electron chi connectivity index (χ2n) is 10.3. The minimum Gasteiger partial charge on any atom is -0.349 e. The van der Waals surface area contributed by atoms with Crippen LogP contribution in [0, 0.1) is 0 Å². The first-order chi connectivity index (χ1) is 18.0. The zero-order chi connectivity index (χ0) is 25.1. The number of hydrogen-bond donors (Lipinski definition) is 2. The summed E-state index contributed by atoms with van der Waals surface area (Å²) in [7, 11) is 0. The summed E-state index contributed by atoms with van der Waals surface area (Å²) in [5, 5.41) is 4.77. The molecule has 3 N–H and O–H groups in total. The lowest BCUT2D eigenvalue weighted by Crippen LogP contribution is -2.25. The number of fused-ring (bicyclic) bond motifs is 3. The number of nitrogens with zero attached hydrogens (tertiary/aromatic N) is 2. The lowest BCUT2D eigenvalue weighted by Gasteiger charge is -2.14. The molecule has 2 aromatic heterocycles. The molecular formula is C31H26N4O2. The number of rotatable bonds is 5. The van der Waals surface area contributed by atoms with Gasteiger partial charge in [-0.05, 0) is 84.8 Å². The Kier molecular flexibility index (Phi) is 4.81. The highest BCUT2D eigenvalue weighted by molar-refractivity contribution is 6.05. The van der Waals surface area contributed by atoms with E-state index >= 15 is 0 Å². The van der Waals surface area contributed by atoms with Crippen LogP contribution >= 0.6 is 0 Å². The molecule has 0 bridgehead atoms. The van der Waals surface area contributed by atoms with Gasteiger partial charge in [0.05, 0.1) is 11.0 Å². The van der Waals surface area contributed by atoms with Gasteiger partial charge in [-0.2, -0.15) is 0 Å². The number of carbonyl (C=O) groups excluding carboxylic acids is 1. The molecule has 0 atom stereocenters. The Morgan fingerprint density at radius 2 is 1.65 bits per heavy atom. The Bertz CT molecular complexity index is 1750. The summed E-state index contributed by atoms with van der Waals surface area (Å²) in [5.41, 5.74) is 12.3. The third kappa shape index (κ3) is 3.90. The Labute approximate surface area is 213 Å². The lowest BCUT2D eigenvalue weighted by atomic mass is 9.98. The van der Waals surface area contributed by atoms with Crippen molar-refractivity contribution in [2.75, 3.05) is 0 Å². The molecule has 2 heterocycles. The molecule has 2 aliphatic rings. The van der Waals surface area contributed by atoms with Crippen molar-refractivity contribution in [3.05, 3.63) is 107 Å². The molecule has 0 unspecified atom stereocenters. The zero-order valence-corrected chi connectivity index (χ0v) is 20.3. The molecule has 7 rings (SSSR count). The fraction of sp³-hybridized carbons (Fsp3) is 0.194. The van der Waals surface area contributed by atoms with Gasteiger partial charge in [-0.15, -0.1) is 0 Å². The van der Waals surface area contributed by atoms with E-state index in [2.05, 4.69) is 46.7 Å². The monoisotopic (exact) mass is 486 g/mol. The van der Waals surface area contributed by atoms with E-state index in [1.807, 2.05) is 24.3 Å². The van der Waals surface area contributed by atoms with Gasteiger partial charge in [0.2, 0.25) is 0 Å². The number of hydrogen-bond acceptors (Lipinski definition) is 4. The van der Waals surface area contributed by atoms with Gasteiger partial charge in [0.15, 0.2) is 0 Å². The molecule has 0 radical (unpaired) electrons. The van der Waals surface area contributed by atoms with Crippen molar-refractivity contribution in [2.24, 2.45) is 5.73 Å². The molecule has 0 saturated heterocycles. The largest absolute Gasteiger partial charge is 0.349 e. The van der Waals surface area contributed by atoms with Gasteiger partial charge in [0.25, 0.3) is 11.5 Å². The fourth-order valence-corrected chi connectivity index (χ4v) is 5.02. The zero-order valence-electron chi connectivity index (χ0n) is 20.3. The Hall–Kier alpha value is -4.29. The van der Waals surface area contributed by atoms with Crippen LogP contribution in [-0.4, -0.2) is 21.5 Å². The highest BCUT2D eigenvalue weighted by Crippen LogP contribution is 2.43. The van der Waals surface area contributed by atoms with Crippen LogP contribution in [0.1, 0.15) is 41.6 Å². The van der Waals surface area contributed by atoms with E-state index in [1.54, 1.807) is 29.0 Å². The number of carbonyl (C=O) groups is 1. The van der Waals surface area contributed by atoms with Crippen molar-refractivity contribution < 1.29 is 4.79 Å². The quantitative estimate of drug-likeness (QED) is 0.340. The van der Waals surface area contributed by atoms with E-state index in [9.17, 15) is 9.59 Å². The summed E-state index contributed by atoms with van der Waals surface area (Å²) in [6, 6.07) is 25.5. The Morgan fingerprint density at radius 1 is 0.919 bits per heavy atom. The van der Waals surface area contributed by atoms with Gasteiger partial charge in [-0.3, -0.25) is 19.1 Å². The molecule has 0 spiro atoms. The second kappa shape index (κ2) is 8.11. The maximum Gasteiger partial charge on any atom is 0.255 e. The summed E-state index contributed by atoms with van der Waals surface area (Å²) in [4.78, 5) is 30.3. The van der Waals surface area contributed by atoms with Gasteiger partial charge in [0.1, 0.15) is 0 Å².